The third kappa shape index (κ3) is 12.0. The van der Waals surface area contributed by atoms with Gasteiger partial charge in [0.1, 0.15) is 12.6 Å². The van der Waals surface area contributed by atoms with E-state index in [-0.39, 0.29) is 44.5 Å². The van der Waals surface area contributed by atoms with E-state index in [2.05, 4.69) is 5.32 Å². The number of rotatable bonds is 18. The van der Waals surface area contributed by atoms with Crippen LogP contribution in [0.2, 0.25) is 0 Å². The highest BCUT2D eigenvalue weighted by Gasteiger charge is 2.27. The lowest BCUT2D eigenvalue weighted by Gasteiger charge is -2.25. The second-order valence-electron chi connectivity index (χ2n) is 7.72. The second kappa shape index (κ2) is 17.5. The summed E-state index contributed by atoms with van der Waals surface area (Å²) in [5.74, 6) is -0.290. The molecule has 34 heavy (non-hydrogen) atoms. The number of benzene rings is 1. The minimum atomic E-state index is -3.30. The summed E-state index contributed by atoms with van der Waals surface area (Å²) in [6.45, 7) is 7.50. The molecular formula is C24H41N2O7P. The highest BCUT2D eigenvalue weighted by molar-refractivity contribution is 7.53. The number of ether oxygens (including phenoxy) is 2. The number of hydrogen-bond acceptors (Lipinski definition) is 8. The van der Waals surface area contributed by atoms with Crippen LogP contribution in [-0.4, -0.2) is 69.1 Å². The van der Waals surface area contributed by atoms with Crippen LogP contribution in [0.1, 0.15) is 52.0 Å². The molecule has 0 saturated heterocycles. The lowest BCUT2D eigenvalue weighted by atomic mass is 10.1. The molecule has 1 rings (SSSR count). The van der Waals surface area contributed by atoms with Crippen molar-refractivity contribution in [2.24, 2.45) is 0 Å². The Labute approximate surface area is 204 Å². The normalized spacial score (nSPS) is 12.2. The van der Waals surface area contributed by atoms with Crippen LogP contribution in [0.25, 0.3) is 0 Å². The molecule has 1 N–H and O–H groups in total. The fourth-order valence-electron chi connectivity index (χ4n) is 3.32. The van der Waals surface area contributed by atoms with E-state index in [0.29, 0.717) is 25.8 Å². The zero-order chi connectivity index (χ0) is 25.2. The Hall–Kier alpha value is -1.93. The van der Waals surface area contributed by atoms with Crippen molar-refractivity contribution in [2.45, 2.75) is 59.1 Å². The van der Waals surface area contributed by atoms with Gasteiger partial charge in [-0.25, -0.2) is 4.79 Å². The Morgan fingerprint density at radius 3 is 2.29 bits per heavy atom. The van der Waals surface area contributed by atoms with Gasteiger partial charge in [0.2, 0.25) is 0 Å². The molecule has 0 heterocycles. The average molecular weight is 501 g/mol. The number of nitrogens with one attached hydrogen (secondary N) is 1. The lowest BCUT2D eigenvalue weighted by Crippen LogP contribution is -2.38. The number of nitrogens with zero attached hydrogens (tertiary/aromatic N) is 1. The summed E-state index contributed by atoms with van der Waals surface area (Å²) in [4.78, 5) is 26.3. The van der Waals surface area contributed by atoms with E-state index in [1.54, 1.807) is 13.8 Å². The molecule has 0 aromatic heterocycles. The minimum absolute atomic E-state index is 0.0813. The van der Waals surface area contributed by atoms with E-state index in [4.69, 9.17) is 18.5 Å². The van der Waals surface area contributed by atoms with Gasteiger partial charge < -0.3 is 28.7 Å². The first-order valence-electron chi connectivity index (χ1n) is 12.0. The highest BCUT2D eigenvalue weighted by Crippen LogP contribution is 2.47. The predicted molar refractivity (Wildman–Crippen MR) is 132 cm³/mol. The maximum atomic E-state index is 12.9. The first-order valence-corrected chi connectivity index (χ1v) is 13.8. The van der Waals surface area contributed by atoms with Crippen LogP contribution in [-0.2, 0) is 34.5 Å². The third-order valence-electron chi connectivity index (χ3n) is 5.06. The van der Waals surface area contributed by atoms with Gasteiger partial charge in [0, 0.05) is 13.1 Å². The molecule has 10 heteroatoms. The minimum Gasteiger partial charge on any atom is -0.468 e. The van der Waals surface area contributed by atoms with Crippen LogP contribution in [0, 0.1) is 0 Å². The summed E-state index contributed by atoms with van der Waals surface area (Å²) in [6, 6.07) is 9.04. The zero-order valence-electron chi connectivity index (χ0n) is 21.0. The number of hydrogen-bond donors (Lipinski definition) is 1. The number of amides is 1. The quantitative estimate of drug-likeness (QED) is 0.177. The molecule has 194 valence electrons. The van der Waals surface area contributed by atoms with Crippen LogP contribution in [0.4, 0.5) is 4.79 Å². The van der Waals surface area contributed by atoms with Crippen molar-refractivity contribution in [3.05, 3.63) is 35.9 Å². The first-order chi connectivity index (χ1) is 16.4. The Kier molecular flexibility index (Phi) is 15.5. The van der Waals surface area contributed by atoms with Crippen LogP contribution in [0.5, 0.6) is 0 Å². The largest absolute Gasteiger partial charge is 0.468 e. The molecule has 0 aliphatic carbocycles. The maximum Gasteiger partial charge on any atom is 0.410 e. The maximum absolute atomic E-state index is 12.9. The Balaban J connectivity index is 2.72. The van der Waals surface area contributed by atoms with Crippen molar-refractivity contribution in [1.29, 1.82) is 0 Å². The zero-order valence-corrected chi connectivity index (χ0v) is 21.9. The van der Waals surface area contributed by atoms with E-state index in [1.807, 2.05) is 37.3 Å². The van der Waals surface area contributed by atoms with E-state index >= 15 is 0 Å². The summed E-state index contributed by atoms with van der Waals surface area (Å²) in [7, 11) is -1.92. The Bertz CT molecular complexity index is 738. The molecule has 9 nitrogen and oxygen atoms in total. The van der Waals surface area contributed by atoms with Crippen molar-refractivity contribution >= 4 is 19.7 Å². The molecule has 0 radical (unpaired) electrons. The molecule has 1 atom stereocenters. The summed E-state index contributed by atoms with van der Waals surface area (Å²) >= 11 is 0. The molecule has 0 aliphatic heterocycles. The SMILES string of the molecule is CCCN[C@H](CCCCN(CCP(=O)(OCC)OCC)C(=O)OCc1ccccc1)C(=O)OC. The van der Waals surface area contributed by atoms with E-state index < -0.39 is 13.7 Å². The summed E-state index contributed by atoms with van der Waals surface area (Å²) in [5.41, 5.74) is 0.882. The number of esters is 1. The molecule has 0 unspecified atom stereocenters. The van der Waals surface area contributed by atoms with Gasteiger partial charge >= 0.3 is 19.7 Å². The number of methoxy groups -OCH3 is 1. The molecule has 0 fully saturated rings. The van der Waals surface area contributed by atoms with Crippen LogP contribution in [0.15, 0.2) is 30.3 Å². The molecule has 1 aromatic carbocycles. The highest BCUT2D eigenvalue weighted by atomic mass is 31.2. The fraction of sp³-hybridized carbons (Fsp3) is 0.667. The van der Waals surface area contributed by atoms with Gasteiger partial charge in [0.05, 0.1) is 26.5 Å². The molecule has 0 aliphatic rings. The Morgan fingerprint density at radius 1 is 1.03 bits per heavy atom. The van der Waals surface area contributed by atoms with E-state index in [0.717, 1.165) is 18.5 Å². The number of carbonyl (C=O) groups is 2. The van der Waals surface area contributed by atoms with Crippen molar-refractivity contribution < 1.29 is 32.7 Å². The average Bonchev–Trinajstić information content (AvgIpc) is 2.84. The van der Waals surface area contributed by atoms with Gasteiger partial charge in [0.15, 0.2) is 0 Å². The number of unbranched alkanes of at least 4 members (excludes halogenated alkanes) is 1. The lowest BCUT2D eigenvalue weighted by molar-refractivity contribution is -0.143. The summed E-state index contributed by atoms with van der Waals surface area (Å²) < 4.78 is 33.9. The predicted octanol–water partition coefficient (Wildman–Crippen LogP) is 4.60. The van der Waals surface area contributed by atoms with Gasteiger partial charge in [-0.3, -0.25) is 9.36 Å². The summed E-state index contributed by atoms with van der Waals surface area (Å²) in [6.07, 6.45) is 2.45. The van der Waals surface area contributed by atoms with Crippen LogP contribution >= 0.6 is 7.60 Å². The molecule has 0 spiro atoms. The third-order valence-corrected chi connectivity index (χ3v) is 7.11. The fourth-order valence-corrected chi connectivity index (χ4v) is 4.93. The molecule has 0 bridgehead atoms. The van der Waals surface area contributed by atoms with E-state index in [1.165, 1.54) is 12.0 Å². The van der Waals surface area contributed by atoms with Crippen LogP contribution in [0.3, 0.4) is 0 Å². The first kappa shape index (κ1) is 30.1. The molecular weight excluding hydrogens is 459 g/mol. The van der Waals surface area contributed by atoms with Crippen LogP contribution < -0.4 is 5.32 Å². The molecule has 1 aromatic rings. The van der Waals surface area contributed by atoms with Crippen molar-refractivity contribution in [1.82, 2.24) is 10.2 Å². The topological polar surface area (TPSA) is 103 Å². The van der Waals surface area contributed by atoms with Gasteiger partial charge in [-0.2, -0.15) is 0 Å². The van der Waals surface area contributed by atoms with Gasteiger partial charge in [0.25, 0.3) is 0 Å². The monoisotopic (exact) mass is 500 g/mol. The van der Waals surface area contributed by atoms with Gasteiger partial charge in [-0.05, 0) is 51.6 Å². The summed E-state index contributed by atoms with van der Waals surface area (Å²) in [5, 5.41) is 3.19. The molecule has 1 amide bonds. The van der Waals surface area contributed by atoms with Gasteiger partial charge in [-0.15, -0.1) is 0 Å². The van der Waals surface area contributed by atoms with Gasteiger partial charge in [-0.1, -0.05) is 37.3 Å². The number of carbonyl (C=O) groups excluding carboxylic acids is 2. The molecule has 0 saturated carbocycles. The van der Waals surface area contributed by atoms with Crippen molar-refractivity contribution in [3.63, 3.8) is 0 Å². The smallest absolute Gasteiger partial charge is 0.410 e. The Morgan fingerprint density at radius 2 is 1.71 bits per heavy atom. The van der Waals surface area contributed by atoms with E-state index in [9.17, 15) is 14.2 Å². The van der Waals surface area contributed by atoms with Crippen molar-refractivity contribution in [3.8, 4) is 0 Å². The second-order valence-corrected chi connectivity index (χ2v) is 9.91. The standard InChI is InChI=1S/C24H41N2O7P/c1-5-16-25-22(23(27)30-4)15-11-12-17-26(18-19-34(29,32-6-2)33-7-3)24(28)31-20-21-13-9-8-10-14-21/h8-10,13-14,22,25H,5-7,11-12,15-20H2,1-4H3/t22-/m1/s1. The van der Waals surface area contributed by atoms with Crippen molar-refractivity contribution in [2.75, 3.05) is 46.1 Å².